The summed E-state index contributed by atoms with van der Waals surface area (Å²) in [4.78, 5) is 11.1. The summed E-state index contributed by atoms with van der Waals surface area (Å²) in [5.74, 6) is 3.70. The lowest BCUT2D eigenvalue weighted by molar-refractivity contribution is -0.387. The molecule has 0 radical (unpaired) electrons. The number of thioether (sulfide) groups is 2. The van der Waals surface area contributed by atoms with Crippen molar-refractivity contribution in [1.82, 2.24) is 0 Å². The molecule has 3 aromatic rings. The molecule has 0 saturated carbocycles. The molecule has 0 aliphatic rings. The third-order valence-corrected chi connectivity index (χ3v) is 6.92. The molecule has 1 unspecified atom stereocenters. The Kier molecular flexibility index (Phi) is 11.1. The van der Waals surface area contributed by atoms with Crippen molar-refractivity contribution in [3.05, 3.63) is 93.5 Å². The number of nitro groups is 1. The van der Waals surface area contributed by atoms with Gasteiger partial charge in [0, 0.05) is 6.07 Å². The molecule has 3 aromatic carbocycles. The fraction of sp³-hybridized carbons (Fsp3) is 0.308. The van der Waals surface area contributed by atoms with Crippen LogP contribution in [0.3, 0.4) is 0 Å². The second-order valence-corrected chi connectivity index (χ2v) is 9.73. The number of rotatable bonds is 9. The van der Waals surface area contributed by atoms with E-state index in [0.29, 0.717) is 5.25 Å². The highest BCUT2D eigenvalue weighted by Crippen LogP contribution is 2.37. The number of nitro benzene ring substituents is 1. The predicted octanol–water partition coefficient (Wildman–Crippen LogP) is 7.56. The van der Waals surface area contributed by atoms with Crippen LogP contribution >= 0.6 is 23.5 Å². The van der Waals surface area contributed by atoms with Crippen LogP contribution in [0, 0.1) is 17.0 Å². The van der Waals surface area contributed by atoms with Crippen LogP contribution in [0.2, 0.25) is 0 Å². The van der Waals surface area contributed by atoms with Gasteiger partial charge in [0.05, 0.1) is 29.3 Å². The zero-order chi connectivity index (χ0) is 24.2. The zero-order valence-electron chi connectivity index (χ0n) is 19.7. The number of ether oxygens (including phenoxy) is 2. The lowest BCUT2D eigenvalue weighted by Gasteiger charge is -2.18. The molecule has 0 spiro atoms. The molecule has 5 nitrogen and oxygen atoms in total. The summed E-state index contributed by atoms with van der Waals surface area (Å²) in [5, 5.41) is 11.0. The minimum Gasteiger partial charge on any atom is -0.497 e. The fourth-order valence-corrected chi connectivity index (χ4v) is 4.96. The quantitative estimate of drug-likeness (QED) is 0.177. The SMILES string of the molecule is CCSC(c1ccc(OC)cc1)c1cccc(OC)c1.CCSc1ccc(C)cc1[N+](=O)[O-]. The number of methoxy groups -OCH3 is 2. The molecule has 0 heterocycles. The van der Waals surface area contributed by atoms with Crippen molar-refractivity contribution in [2.45, 2.75) is 30.9 Å². The monoisotopic (exact) mass is 485 g/mol. The third kappa shape index (κ3) is 8.02. The zero-order valence-corrected chi connectivity index (χ0v) is 21.4. The maximum atomic E-state index is 10.6. The van der Waals surface area contributed by atoms with E-state index in [0.717, 1.165) is 33.5 Å². The number of hydrogen-bond acceptors (Lipinski definition) is 6. The van der Waals surface area contributed by atoms with Crippen LogP contribution in [0.1, 0.15) is 35.8 Å². The standard InChI is InChI=1S/C17H20O2S.C9H11NO2S/c1-4-20-17(13-8-10-15(18-2)11-9-13)14-6-5-7-16(12-14)19-3;1-3-13-9-5-4-7(2)6-8(9)10(11)12/h5-12,17H,4H2,1-3H3;4-6H,3H2,1-2H3. The molecule has 3 rings (SSSR count). The van der Waals surface area contributed by atoms with Crippen LogP contribution in [-0.2, 0) is 0 Å². The topological polar surface area (TPSA) is 61.6 Å². The van der Waals surface area contributed by atoms with E-state index in [4.69, 9.17) is 9.47 Å². The first-order chi connectivity index (χ1) is 15.9. The number of benzene rings is 3. The Hall–Kier alpha value is -2.64. The molecule has 176 valence electrons. The molecule has 0 amide bonds. The predicted molar refractivity (Wildman–Crippen MR) is 140 cm³/mol. The maximum absolute atomic E-state index is 10.6. The van der Waals surface area contributed by atoms with Gasteiger partial charge in [-0.15, -0.1) is 23.5 Å². The molecule has 0 N–H and O–H groups in total. The van der Waals surface area contributed by atoms with Crippen molar-refractivity contribution in [3.8, 4) is 11.5 Å². The molecule has 7 heteroatoms. The van der Waals surface area contributed by atoms with E-state index in [1.807, 2.05) is 62.0 Å². The van der Waals surface area contributed by atoms with E-state index in [2.05, 4.69) is 31.2 Å². The normalized spacial score (nSPS) is 11.2. The number of hydrogen-bond donors (Lipinski definition) is 0. The minimum atomic E-state index is -0.328. The molecular formula is C26H31NO4S2. The molecular weight excluding hydrogens is 454 g/mol. The lowest BCUT2D eigenvalue weighted by atomic mass is 10.0. The van der Waals surface area contributed by atoms with Gasteiger partial charge in [-0.2, -0.15) is 0 Å². The van der Waals surface area contributed by atoms with Gasteiger partial charge in [0.15, 0.2) is 0 Å². The van der Waals surface area contributed by atoms with Gasteiger partial charge < -0.3 is 9.47 Å². The van der Waals surface area contributed by atoms with Crippen molar-refractivity contribution >= 4 is 29.2 Å². The molecule has 1 atom stereocenters. The van der Waals surface area contributed by atoms with Crippen LogP contribution in [0.5, 0.6) is 11.5 Å². The maximum Gasteiger partial charge on any atom is 0.283 e. The first-order valence-electron chi connectivity index (χ1n) is 10.7. The van der Waals surface area contributed by atoms with Gasteiger partial charge in [-0.25, -0.2) is 0 Å². The largest absolute Gasteiger partial charge is 0.497 e. The molecule has 0 fully saturated rings. The van der Waals surface area contributed by atoms with E-state index in [1.165, 1.54) is 22.9 Å². The van der Waals surface area contributed by atoms with E-state index in [1.54, 1.807) is 20.3 Å². The molecule has 0 aliphatic heterocycles. The minimum absolute atomic E-state index is 0.215. The highest BCUT2D eigenvalue weighted by Gasteiger charge is 2.15. The highest BCUT2D eigenvalue weighted by molar-refractivity contribution is 7.99. The Morgan fingerprint density at radius 3 is 2.15 bits per heavy atom. The van der Waals surface area contributed by atoms with Gasteiger partial charge in [0.2, 0.25) is 0 Å². The molecule has 0 aliphatic carbocycles. The Balaban J connectivity index is 0.000000257. The van der Waals surface area contributed by atoms with E-state index in [9.17, 15) is 10.1 Å². The van der Waals surface area contributed by atoms with Crippen molar-refractivity contribution in [2.75, 3.05) is 25.7 Å². The summed E-state index contributed by atoms with van der Waals surface area (Å²) in [7, 11) is 3.39. The van der Waals surface area contributed by atoms with Crippen LogP contribution in [0.15, 0.2) is 71.6 Å². The van der Waals surface area contributed by atoms with Gasteiger partial charge in [0.1, 0.15) is 11.5 Å². The van der Waals surface area contributed by atoms with E-state index < -0.39 is 0 Å². The second kappa shape index (κ2) is 13.8. The first-order valence-corrected chi connectivity index (χ1v) is 12.7. The van der Waals surface area contributed by atoms with Crippen LogP contribution in [-0.4, -0.2) is 30.6 Å². The fourth-order valence-electron chi connectivity index (χ4n) is 3.18. The molecule has 0 bridgehead atoms. The van der Waals surface area contributed by atoms with Gasteiger partial charge in [-0.05, 0) is 65.5 Å². The Bertz CT molecular complexity index is 1030. The summed E-state index contributed by atoms with van der Waals surface area (Å²) < 4.78 is 10.6. The van der Waals surface area contributed by atoms with Crippen LogP contribution < -0.4 is 9.47 Å². The molecule has 0 aromatic heterocycles. The lowest BCUT2D eigenvalue weighted by Crippen LogP contribution is -1.98. The van der Waals surface area contributed by atoms with Gasteiger partial charge >= 0.3 is 0 Å². The Morgan fingerprint density at radius 1 is 0.879 bits per heavy atom. The second-order valence-electron chi connectivity index (χ2n) is 7.05. The Labute approximate surface area is 205 Å². The van der Waals surface area contributed by atoms with E-state index >= 15 is 0 Å². The van der Waals surface area contributed by atoms with Gasteiger partial charge in [-0.1, -0.05) is 44.2 Å². The number of aryl methyl sites for hydroxylation is 1. The highest BCUT2D eigenvalue weighted by atomic mass is 32.2. The molecule has 33 heavy (non-hydrogen) atoms. The average molecular weight is 486 g/mol. The van der Waals surface area contributed by atoms with Crippen LogP contribution in [0.4, 0.5) is 5.69 Å². The average Bonchev–Trinajstić information content (AvgIpc) is 2.84. The van der Waals surface area contributed by atoms with Gasteiger partial charge in [-0.3, -0.25) is 10.1 Å². The number of nitrogens with zero attached hydrogens (tertiary/aromatic N) is 1. The summed E-state index contributed by atoms with van der Waals surface area (Å²) >= 11 is 3.42. The Morgan fingerprint density at radius 2 is 1.58 bits per heavy atom. The first kappa shape index (κ1) is 26.6. The van der Waals surface area contributed by atoms with Gasteiger partial charge in [0.25, 0.3) is 5.69 Å². The van der Waals surface area contributed by atoms with Crippen LogP contribution in [0.25, 0.3) is 0 Å². The summed E-state index contributed by atoms with van der Waals surface area (Å²) in [6, 6.07) is 21.9. The van der Waals surface area contributed by atoms with Crippen molar-refractivity contribution in [1.29, 1.82) is 0 Å². The van der Waals surface area contributed by atoms with Crippen molar-refractivity contribution in [2.24, 2.45) is 0 Å². The molecule has 0 saturated heterocycles. The smallest absolute Gasteiger partial charge is 0.283 e. The van der Waals surface area contributed by atoms with E-state index in [-0.39, 0.29) is 10.6 Å². The third-order valence-electron chi connectivity index (χ3n) is 4.76. The van der Waals surface area contributed by atoms with Crippen molar-refractivity contribution < 1.29 is 14.4 Å². The van der Waals surface area contributed by atoms with Crippen molar-refractivity contribution in [3.63, 3.8) is 0 Å². The summed E-state index contributed by atoms with van der Waals surface area (Å²) in [5.41, 5.74) is 3.69. The summed E-state index contributed by atoms with van der Waals surface area (Å²) in [6.07, 6.45) is 0. The summed E-state index contributed by atoms with van der Waals surface area (Å²) in [6.45, 7) is 6.02.